The summed E-state index contributed by atoms with van der Waals surface area (Å²) in [6, 6.07) is 10.2. The van der Waals surface area contributed by atoms with Gasteiger partial charge in [0, 0.05) is 26.2 Å². The lowest BCUT2D eigenvalue weighted by Crippen LogP contribution is -2.55. The standard InChI is InChI=1S/C18H24N4O4S/c1-20-17(10-11-19-20)21-12-6-9-16(18(21)23)22(27(2,24)25)13-14-26-15-7-4-3-5-8-15/h3-5,7-8,10-11,16H,6,9,12-14H2,1-2H3. The highest BCUT2D eigenvalue weighted by atomic mass is 32.2. The molecule has 1 aromatic heterocycles. The third-order valence-corrected chi connectivity index (χ3v) is 5.87. The number of aryl methyl sites for hydroxylation is 1. The van der Waals surface area contributed by atoms with Crippen molar-refractivity contribution in [2.45, 2.75) is 18.9 Å². The average molecular weight is 392 g/mol. The lowest BCUT2D eigenvalue weighted by Gasteiger charge is -2.37. The Hall–Kier alpha value is -2.39. The van der Waals surface area contributed by atoms with Crippen LogP contribution >= 0.6 is 0 Å². The molecule has 9 heteroatoms. The smallest absolute Gasteiger partial charge is 0.246 e. The van der Waals surface area contributed by atoms with Crippen molar-refractivity contribution in [1.29, 1.82) is 0 Å². The van der Waals surface area contributed by atoms with Crippen molar-refractivity contribution in [3.63, 3.8) is 0 Å². The van der Waals surface area contributed by atoms with E-state index in [-0.39, 0.29) is 19.1 Å². The van der Waals surface area contributed by atoms with Gasteiger partial charge in [0.25, 0.3) is 0 Å². The normalized spacial score (nSPS) is 18.1. The molecule has 1 aliphatic rings. The van der Waals surface area contributed by atoms with Gasteiger partial charge in [-0.1, -0.05) is 18.2 Å². The maximum absolute atomic E-state index is 13.0. The number of aromatic nitrogens is 2. The Labute approximate surface area is 159 Å². The Bertz CT molecular complexity index is 882. The zero-order valence-corrected chi connectivity index (χ0v) is 16.3. The third-order valence-electron chi connectivity index (χ3n) is 4.58. The number of piperidine rings is 1. The van der Waals surface area contributed by atoms with E-state index in [9.17, 15) is 13.2 Å². The first-order chi connectivity index (χ1) is 12.9. The largest absolute Gasteiger partial charge is 0.492 e. The van der Waals surface area contributed by atoms with Gasteiger partial charge in [0.05, 0.1) is 12.5 Å². The van der Waals surface area contributed by atoms with Crippen molar-refractivity contribution in [2.75, 3.05) is 30.9 Å². The molecule has 1 atom stereocenters. The van der Waals surface area contributed by atoms with Crippen LogP contribution in [0.5, 0.6) is 5.75 Å². The predicted octanol–water partition coefficient (Wildman–Crippen LogP) is 1.26. The molecule has 2 heterocycles. The Kier molecular flexibility index (Phi) is 5.81. The lowest BCUT2D eigenvalue weighted by molar-refractivity contribution is -0.123. The summed E-state index contributed by atoms with van der Waals surface area (Å²) in [5, 5.41) is 4.10. The SMILES string of the molecule is Cn1nccc1N1CCCC(N(CCOc2ccccc2)S(C)(=O)=O)C1=O. The van der Waals surface area contributed by atoms with E-state index in [2.05, 4.69) is 5.10 Å². The molecule has 1 aliphatic heterocycles. The Balaban J connectivity index is 1.74. The van der Waals surface area contributed by atoms with Gasteiger partial charge >= 0.3 is 0 Å². The number of sulfonamides is 1. The maximum atomic E-state index is 13.0. The molecule has 1 saturated heterocycles. The molecule has 1 aromatic carbocycles. The molecule has 0 aliphatic carbocycles. The molecule has 0 radical (unpaired) electrons. The summed E-state index contributed by atoms with van der Waals surface area (Å²) >= 11 is 0. The summed E-state index contributed by atoms with van der Waals surface area (Å²) in [6.07, 6.45) is 3.96. The second-order valence-electron chi connectivity index (χ2n) is 6.50. The molecule has 0 bridgehead atoms. The van der Waals surface area contributed by atoms with E-state index in [1.807, 2.05) is 18.2 Å². The van der Waals surface area contributed by atoms with Crippen LogP contribution in [-0.2, 0) is 21.9 Å². The molecule has 8 nitrogen and oxygen atoms in total. The molecule has 1 amide bonds. The third kappa shape index (κ3) is 4.48. The van der Waals surface area contributed by atoms with Gasteiger partial charge in [0.2, 0.25) is 15.9 Å². The van der Waals surface area contributed by atoms with Crippen LogP contribution in [0.3, 0.4) is 0 Å². The molecule has 1 fully saturated rings. The summed E-state index contributed by atoms with van der Waals surface area (Å²) < 4.78 is 33.2. The molecule has 146 valence electrons. The van der Waals surface area contributed by atoms with Gasteiger partial charge in [0.1, 0.15) is 24.2 Å². The highest BCUT2D eigenvalue weighted by Crippen LogP contribution is 2.24. The van der Waals surface area contributed by atoms with Gasteiger partial charge in [-0.25, -0.2) is 8.42 Å². The molecular weight excluding hydrogens is 368 g/mol. The highest BCUT2D eigenvalue weighted by molar-refractivity contribution is 7.88. The van der Waals surface area contributed by atoms with Crippen molar-refractivity contribution < 1.29 is 17.9 Å². The zero-order chi connectivity index (χ0) is 19.4. The van der Waals surface area contributed by atoms with Crippen LogP contribution in [0, 0.1) is 0 Å². The van der Waals surface area contributed by atoms with E-state index in [1.165, 1.54) is 4.31 Å². The van der Waals surface area contributed by atoms with Gasteiger partial charge in [-0.05, 0) is 25.0 Å². The van der Waals surface area contributed by atoms with Gasteiger partial charge in [-0.2, -0.15) is 9.40 Å². The fourth-order valence-corrected chi connectivity index (χ4v) is 4.37. The van der Waals surface area contributed by atoms with E-state index in [0.717, 1.165) is 6.26 Å². The quantitative estimate of drug-likeness (QED) is 0.708. The van der Waals surface area contributed by atoms with Crippen molar-refractivity contribution in [3.05, 3.63) is 42.6 Å². The van der Waals surface area contributed by atoms with Crippen LogP contribution in [0.1, 0.15) is 12.8 Å². The second-order valence-corrected chi connectivity index (χ2v) is 8.43. The van der Waals surface area contributed by atoms with Crippen LogP contribution < -0.4 is 9.64 Å². The summed E-state index contributed by atoms with van der Waals surface area (Å²) in [4.78, 5) is 14.6. The number of para-hydroxylation sites is 1. The number of carbonyl (C=O) groups excluding carboxylic acids is 1. The van der Waals surface area contributed by atoms with Crippen LogP contribution in [0.25, 0.3) is 0 Å². The Morgan fingerprint density at radius 3 is 2.63 bits per heavy atom. The summed E-state index contributed by atoms with van der Waals surface area (Å²) in [7, 11) is -1.81. The summed E-state index contributed by atoms with van der Waals surface area (Å²) in [5.74, 6) is 1.10. The monoisotopic (exact) mass is 392 g/mol. The van der Waals surface area contributed by atoms with Gasteiger partial charge < -0.3 is 4.74 Å². The van der Waals surface area contributed by atoms with Crippen LogP contribution in [0.2, 0.25) is 0 Å². The maximum Gasteiger partial charge on any atom is 0.246 e. The number of nitrogens with zero attached hydrogens (tertiary/aromatic N) is 4. The summed E-state index contributed by atoms with van der Waals surface area (Å²) in [5.41, 5.74) is 0. The minimum Gasteiger partial charge on any atom is -0.492 e. The fraction of sp³-hybridized carbons (Fsp3) is 0.444. The number of ether oxygens (including phenoxy) is 1. The van der Waals surface area contributed by atoms with E-state index in [4.69, 9.17) is 4.74 Å². The molecule has 0 N–H and O–H groups in total. The van der Waals surface area contributed by atoms with E-state index in [0.29, 0.717) is 31.0 Å². The van der Waals surface area contributed by atoms with Crippen molar-refractivity contribution in [3.8, 4) is 5.75 Å². The molecular formula is C18H24N4O4S. The van der Waals surface area contributed by atoms with Crippen molar-refractivity contribution >= 4 is 21.7 Å². The van der Waals surface area contributed by atoms with E-state index < -0.39 is 16.1 Å². The number of rotatable bonds is 7. The number of benzene rings is 1. The average Bonchev–Trinajstić information content (AvgIpc) is 3.05. The number of carbonyl (C=O) groups is 1. The minimum atomic E-state index is -3.57. The first-order valence-electron chi connectivity index (χ1n) is 8.82. The molecule has 2 aromatic rings. The first-order valence-corrected chi connectivity index (χ1v) is 10.7. The number of amides is 1. The van der Waals surface area contributed by atoms with Crippen LogP contribution in [-0.4, -0.2) is 60.4 Å². The van der Waals surface area contributed by atoms with Crippen LogP contribution in [0.15, 0.2) is 42.6 Å². The van der Waals surface area contributed by atoms with Crippen molar-refractivity contribution in [2.24, 2.45) is 7.05 Å². The van der Waals surface area contributed by atoms with Gasteiger partial charge in [-0.15, -0.1) is 0 Å². The van der Waals surface area contributed by atoms with Crippen molar-refractivity contribution in [1.82, 2.24) is 14.1 Å². The van der Waals surface area contributed by atoms with Crippen LogP contribution in [0.4, 0.5) is 5.82 Å². The molecule has 27 heavy (non-hydrogen) atoms. The predicted molar refractivity (Wildman–Crippen MR) is 102 cm³/mol. The highest BCUT2D eigenvalue weighted by Gasteiger charge is 2.38. The first kappa shape index (κ1) is 19.4. The molecule has 0 saturated carbocycles. The van der Waals surface area contributed by atoms with Gasteiger partial charge in [0.15, 0.2) is 0 Å². The minimum absolute atomic E-state index is 0.114. The number of anilines is 1. The topological polar surface area (TPSA) is 84.7 Å². The molecule has 1 unspecified atom stereocenters. The fourth-order valence-electron chi connectivity index (χ4n) is 3.31. The zero-order valence-electron chi connectivity index (χ0n) is 15.5. The van der Waals surface area contributed by atoms with Gasteiger partial charge in [-0.3, -0.25) is 14.4 Å². The Morgan fingerprint density at radius 1 is 1.26 bits per heavy atom. The molecule has 3 rings (SSSR count). The Morgan fingerprint density at radius 2 is 2.00 bits per heavy atom. The number of hydrogen-bond acceptors (Lipinski definition) is 5. The van der Waals surface area contributed by atoms with E-state index in [1.54, 1.807) is 41.0 Å². The molecule has 0 spiro atoms. The number of hydrogen-bond donors (Lipinski definition) is 0. The van der Waals surface area contributed by atoms with E-state index >= 15 is 0 Å². The second kappa shape index (κ2) is 8.10. The lowest BCUT2D eigenvalue weighted by atomic mass is 10.0. The summed E-state index contributed by atoms with van der Waals surface area (Å²) in [6.45, 7) is 0.836.